The van der Waals surface area contributed by atoms with Gasteiger partial charge in [-0.3, -0.25) is 4.79 Å². The van der Waals surface area contributed by atoms with Crippen LogP contribution in [0.5, 0.6) is 0 Å². The van der Waals surface area contributed by atoms with Crippen molar-refractivity contribution in [2.45, 2.75) is 52.1 Å². The van der Waals surface area contributed by atoms with Crippen molar-refractivity contribution < 1.29 is 24.2 Å². The first-order valence-electron chi connectivity index (χ1n) is 11.2. The predicted octanol–water partition coefficient (Wildman–Crippen LogP) is 3.92. The second-order valence-corrected chi connectivity index (χ2v) is 9.30. The van der Waals surface area contributed by atoms with Gasteiger partial charge in [-0.15, -0.1) is 11.8 Å². The number of hydrogen-bond acceptors (Lipinski definition) is 4. The van der Waals surface area contributed by atoms with E-state index in [1.807, 2.05) is 36.4 Å². The summed E-state index contributed by atoms with van der Waals surface area (Å²) in [5.74, 6) is 3.38. The van der Waals surface area contributed by atoms with E-state index in [2.05, 4.69) is 34.6 Å². The summed E-state index contributed by atoms with van der Waals surface area (Å²) in [6, 6.07) is 13.9. The zero-order valence-corrected chi connectivity index (χ0v) is 19.8. The molecule has 7 heteroatoms. The highest BCUT2D eigenvalue weighted by Crippen LogP contribution is 2.44. The molecule has 3 rings (SSSR count). The van der Waals surface area contributed by atoms with E-state index in [0.29, 0.717) is 0 Å². The number of carboxylic acid groups (broad SMARTS) is 1. The second-order valence-electron chi connectivity index (χ2n) is 9.30. The highest BCUT2D eigenvalue weighted by atomic mass is 16.5. The molecule has 0 spiro atoms. The first-order chi connectivity index (χ1) is 16.1. The van der Waals surface area contributed by atoms with E-state index < -0.39 is 35.5 Å². The lowest BCUT2D eigenvalue weighted by Gasteiger charge is -2.31. The molecule has 0 saturated carbocycles. The second kappa shape index (κ2) is 10.4. The van der Waals surface area contributed by atoms with Crippen LogP contribution in [0.3, 0.4) is 0 Å². The van der Waals surface area contributed by atoms with Crippen molar-refractivity contribution in [1.82, 2.24) is 10.6 Å². The minimum atomic E-state index is -1.19. The molecule has 2 unspecified atom stereocenters. The number of amides is 2. The topological polar surface area (TPSA) is 105 Å². The highest BCUT2D eigenvalue weighted by molar-refractivity contribution is 5.90. The Hall–Kier alpha value is -3.79. The SMILES string of the molecule is CC#CCC(NC(=O)C(NC(=O)OCC1c2ccccc2-c2ccccc21)C(C)(C)C)C(=O)O. The molecule has 0 saturated heterocycles. The van der Waals surface area contributed by atoms with Crippen LogP contribution in [0.2, 0.25) is 0 Å². The molecule has 2 aromatic rings. The smallest absolute Gasteiger partial charge is 0.407 e. The maximum Gasteiger partial charge on any atom is 0.407 e. The maximum absolute atomic E-state index is 12.9. The van der Waals surface area contributed by atoms with Gasteiger partial charge >= 0.3 is 12.1 Å². The van der Waals surface area contributed by atoms with Crippen LogP contribution in [-0.4, -0.2) is 41.8 Å². The fourth-order valence-corrected chi connectivity index (χ4v) is 4.09. The Morgan fingerprint density at radius 3 is 2.06 bits per heavy atom. The molecule has 2 amide bonds. The third-order valence-corrected chi connectivity index (χ3v) is 5.83. The van der Waals surface area contributed by atoms with Crippen molar-refractivity contribution >= 4 is 18.0 Å². The normalized spacial score (nSPS) is 14.0. The van der Waals surface area contributed by atoms with Gasteiger partial charge < -0.3 is 20.5 Å². The zero-order valence-electron chi connectivity index (χ0n) is 19.8. The minimum Gasteiger partial charge on any atom is -0.480 e. The number of nitrogens with one attached hydrogen (secondary N) is 2. The summed E-state index contributed by atoms with van der Waals surface area (Å²) in [7, 11) is 0. The first kappa shape index (κ1) is 24.8. The van der Waals surface area contributed by atoms with Crippen LogP contribution in [0.4, 0.5) is 4.79 Å². The maximum atomic E-state index is 12.9. The standard InChI is InChI=1S/C27H30N2O5/c1-5-6-15-22(25(31)32)28-24(30)23(27(2,3)4)29-26(33)34-16-21-19-13-9-7-11-17(19)18-12-8-10-14-20(18)21/h7-14,21-23H,15-16H2,1-4H3,(H,28,30)(H,29,33)(H,31,32). The van der Waals surface area contributed by atoms with Crippen LogP contribution in [0.1, 0.15) is 51.2 Å². The summed E-state index contributed by atoms with van der Waals surface area (Å²) in [4.78, 5) is 37.1. The molecule has 0 heterocycles. The molecule has 7 nitrogen and oxygen atoms in total. The average Bonchev–Trinajstić information content (AvgIpc) is 3.11. The van der Waals surface area contributed by atoms with Gasteiger partial charge in [0, 0.05) is 12.3 Å². The molecule has 2 aromatic carbocycles. The molecule has 2 atom stereocenters. The average molecular weight is 463 g/mol. The molecule has 0 aromatic heterocycles. The zero-order chi connectivity index (χ0) is 24.9. The Bertz CT molecular complexity index is 1090. The predicted molar refractivity (Wildman–Crippen MR) is 129 cm³/mol. The van der Waals surface area contributed by atoms with Gasteiger partial charge in [-0.2, -0.15) is 0 Å². The van der Waals surface area contributed by atoms with Crippen molar-refractivity contribution in [2.24, 2.45) is 5.41 Å². The fourth-order valence-electron chi connectivity index (χ4n) is 4.09. The van der Waals surface area contributed by atoms with Crippen molar-refractivity contribution in [3.05, 3.63) is 59.7 Å². The molecule has 0 radical (unpaired) electrons. The van der Waals surface area contributed by atoms with Crippen LogP contribution < -0.4 is 10.6 Å². The van der Waals surface area contributed by atoms with E-state index >= 15 is 0 Å². The molecular weight excluding hydrogens is 432 g/mol. The third-order valence-electron chi connectivity index (χ3n) is 5.83. The largest absolute Gasteiger partial charge is 0.480 e. The molecular formula is C27H30N2O5. The summed E-state index contributed by atoms with van der Waals surface area (Å²) < 4.78 is 5.56. The van der Waals surface area contributed by atoms with Crippen LogP contribution in [0.25, 0.3) is 11.1 Å². The number of aliphatic carboxylic acids is 1. The number of benzene rings is 2. The fraction of sp³-hybridized carbons (Fsp3) is 0.370. The Morgan fingerprint density at radius 2 is 1.56 bits per heavy atom. The molecule has 34 heavy (non-hydrogen) atoms. The van der Waals surface area contributed by atoms with Crippen molar-refractivity contribution in [3.8, 4) is 23.0 Å². The Kier molecular flexibility index (Phi) is 7.62. The third kappa shape index (κ3) is 5.57. The molecule has 3 N–H and O–H groups in total. The molecule has 0 fully saturated rings. The minimum absolute atomic E-state index is 0.0284. The van der Waals surface area contributed by atoms with Gasteiger partial charge in [-0.05, 0) is 34.6 Å². The van der Waals surface area contributed by atoms with E-state index in [1.54, 1.807) is 27.7 Å². The van der Waals surface area contributed by atoms with Crippen molar-refractivity contribution in [3.63, 3.8) is 0 Å². The molecule has 1 aliphatic rings. The summed E-state index contributed by atoms with van der Waals surface area (Å²) in [6.07, 6.45) is -0.767. The number of alkyl carbamates (subject to hydrolysis) is 1. The van der Waals surface area contributed by atoms with Gasteiger partial charge in [0.1, 0.15) is 18.7 Å². The lowest BCUT2D eigenvalue weighted by atomic mass is 9.86. The van der Waals surface area contributed by atoms with Gasteiger partial charge in [0.15, 0.2) is 0 Å². The Labute approximate surface area is 199 Å². The van der Waals surface area contributed by atoms with Gasteiger partial charge in [0.25, 0.3) is 0 Å². The van der Waals surface area contributed by atoms with Gasteiger partial charge in [0.05, 0.1) is 0 Å². The Morgan fingerprint density at radius 1 is 1.00 bits per heavy atom. The molecule has 0 bridgehead atoms. The van der Waals surface area contributed by atoms with Crippen LogP contribution in [-0.2, 0) is 14.3 Å². The van der Waals surface area contributed by atoms with E-state index in [9.17, 15) is 19.5 Å². The first-order valence-corrected chi connectivity index (χ1v) is 11.2. The summed E-state index contributed by atoms with van der Waals surface area (Å²) in [5, 5.41) is 14.5. The summed E-state index contributed by atoms with van der Waals surface area (Å²) in [6.45, 7) is 7.05. The number of carbonyl (C=O) groups is 3. The number of carbonyl (C=O) groups excluding carboxylic acids is 2. The van der Waals surface area contributed by atoms with Crippen molar-refractivity contribution in [2.75, 3.05) is 6.61 Å². The van der Waals surface area contributed by atoms with Gasteiger partial charge in [-0.25, -0.2) is 9.59 Å². The lowest BCUT2D eigenvalue weighted by Crippen LogP contribution is -2.56. The quantitative estimate of drug-likeness (QED) is 0.541. The van der Waals surface area contributed by atoms with Gasteiger partial charge in [0.2, 0.25) is 5.91 Å². The van der Waals surface area contributed by atoms with Gasteiger partial charge in [-0.1, -0.05) is 69.3 Å². The highest BCUT2D eigenvalue weighted by Gasteiger charge is 2.36. The van der Waals surface area contributed by atoms with Crippen LogP contribution in [0, 0.1) is 17.3 Å². The van der Waals surface area contributed by atoms with Crippen molar-refractivity contribution in [1.29, 1.82) is 0 Å². The lowest BCUT2D eigenvalue weighted by molar-refractivity contribution is -0.142. The van der Waals surface area contributed by atoms with E-state index in [4.69, 9.17) is 4.74 Å². The monoisotopic (exact) mass is 462 g/mol. The van der Waals surface area contributed by atoms with Crippen LogP contribution >= 0.6 is 0 Å². The molecule has 178 valence electrons. The molecule has 1 aliphatic carbocycles. The number of fused-ring (bicyclic) bond motifs is 3. The summed E-state index contributed by atoms with van der Waals surface area (Å²) in [5.41, 5.74) is 3.73. The number of rotatable bonds is 7. The Balaban J connectivity index is 1.69. The number of hydrogen-bond donors (Lipinski definition) is 3. The number of carboxylic acids is 1. The summed E-state index contributed by atoms with van der Waals surface area (Å²) >= 11 is 0. The van der Waals surface area contributed by atoms with E-state index in [0.717, 1.165) is 22.3 Å². The van der Waals surface area contributed by atoms with Crippen LogP contribution in [0.15, 0.2) is 48.5 Å². The molecule has 0 aliphatic heterocycles. The van der Waals surface area contributed by atoms with E-state index in [-0.39, 0.29) is 18.9 Å². The number of ether oxygens (including phenoxy) is 1. The van der Waals surface area contributed by atoms with E-state index in [1.165, 1.54) is 0 Å².